The van der Waals surface area contributed by atoms with Gasteiger partial charge in [0.2, 0.25) is 0 Å². The zero-order valence-electron chi connectivity index (χ0n) is 7.48. The van der Waals surface area contributed by atoms with Crippen LogP contribution in [0.2, 0.25) is 0 Å². The van der Waals surface area contributed by atoms with Crippen LogP contribution in [-0.2, 0) is 4.79 Å². The average molecular weight is 156 g/mol. The Morgan fingerprint density at radius 1 is 1.64 bits per heavy atom. The molecule has 3 heteroatoms. The van der Waals surface area contributed by atoms with Gasteiger partial charge in [0.15, 0.2) is 0 Å². The van der Waals surface area contributed by atoms with E-state index < -0.39 is 0 Å². The molecule has 0 heterocycles. The quantitative estimate of drug-likeness (QED) is 0.485. The second-order valence-electron chi connectivity index (χ2n) is 2.55. The third-order valence-corrected chi connectivity index (χ3v) is 1.27. The van der Waals surface area contributed by atoms with Crippen molar-refractivity contribution in [3.8, 4) is 0 Å². The second kappa shape index (κ2) is 4.91. The number of carbonyl (C=O) groups is 1. The summed E-state index contributed by atoms with van der Waals surface area (Å²) in [4.78, 5) is 11.1. The van der Waals surface area contributed by atoms with Gasteiger partial charge in [-0.1, -0.05) is 13.5 Å². The molecular weight excluding hydrogens is 140 g/mol. The van der Waals surface area contributed by atoms with E-state index in [2.05, 4.69) is 12.0 Å². The molecule has 0 saturated heterocycles. The van der Waals surface area contributed by atoms with Crippen LogP contribution in [0, 0.1) is 0 Å². The maximum Gasteiger partial charge on any atom is 0.262 e. The van der Waals surface area contributed by atoms with Crippen molar-refractivity contribution >= 4 is 5.91 Å². The minimum Gasteiger partial charge on any atom is -0.277 e. The lowest BCUT2D eigenvalue weighted by atomic mass is 10.3. The Kier molecular flexibility index (Phi) is 4.54. The molecule has 11 heavy (non-hydrogen) atoms. The van der Waals surface area contributed by atoms with Crippen molar-refractivity contribution in [3.63, 3.8) is 0 Å². The van der Waals surface area contributed by atoms with Crippen molar-refractivity contribution in [1.82, 2.24) is 10.4 Å². The Bertz CT molecular complexity index is 154. The Morgan fingerprint density at radius 3 is 2.55 bits per heavy atom. The summed E-state index contributed by atoms with van der Waals surface area (Å²) >= 11 is 0. The van der Waals surface area contributed by atoms with Crippen molar-refractivity contribution in [1.29, 1.82) is 0 Å². The highest BCUT2D eigenvalue weighted by atomic mass is 16.2. The number of nitrogens with zero attached hydrogens (tertiary/aromatic N) is 1. The highest BCUT2D eigenvalue weighted by Crippen LogP contribution is 1.91. The lowest BCUT2D eigenvalue weighted by Gasteiger charge is -2.17. The van der Waals surface area contributed by atoms with Crippen LogP contribution in [0.5, 0.6) is 0 Å². The monoisotopic (exact) mass is 156 g/mol. The van der Waals surface area contributed by atoms with Crippen LogP contribution >= 0.6 is 0 Å². The summed E-state index contributed by atoms with van der Waals surface area (Å²) in [6, 6.07) is 0. The molecule has 0 spiro atoms. The first-order valence-electron chi connectivity index (χ1n) is 3.76. The summed E-state index contributed by atoms with van der Waals surface area (Å²) in [6.45, 7) is 8.12. The molecule has 0 aromatic heterocycles. The average Bonchev–Trinajstić information content (AvgIpc) is 1.98. The maximum atomic E-state index is 11.1. The number of hydrogen-bond acceptors (Lipinski definition) is 2. The first kappa shape index (κ1) is 10.2. The van der Waals surface area contributed by atoms with Crippen LogP contribution in [0.1, 0.15) is 20.3 Å². The molecule has 0 saturated carbocycles. The fourth-order valence-electron chi connectivity index (χ4n) is 0.638. The van der Waals surface area contributed by atoms with Crippen molar-refractivity contribution in [2.45, 2.75) is 20.3 Å². The van der Waals surface area contributed by atoms with Gasteiger partial charge in [-0.2, -0.15) is 0 Å². The molecule has 0 bridgehead atoms. The topological polar surface area (TPSA) is 32.3 Å². The van der Waals surface area contributed by atoms with E-state index in [1.807, 2.05) is 6.92 Å². The predicted octanol–water partition coefficient (Wildman–Crippen LogP) is 0.935. The Labute approximate surface area is 68.0 Å². The number of hydrazine groups is 1. The van der Waals surface area contributed by atoms with E-state index in [0.29, 0.717) is 5.57 Å². The highest BCUT2D eigenvalue weighted by molar-refractivity contribution is 5.91. The number of nitrogens with one attached hydrogen (secondary N) is 1. The minimum atomic E-state index is -0.0570. The number of amides is 1. The lowest BCUT2D eigenvalue weighted by Crippen LogP contribution is -2.40. The molecule has 3 nitrogen and oxygen atoms in total. The van der Waals surface area contributed by atoms with Crippen LogP contribution in [0.15, 0.2) is 12.2 Å². The van der Waals surface area contributed by atoms with E-state index in [0.717, 1.165) is 13.0 Å². The number of hydrogen-bond donors (Lipinski definition) is 1. The molecule has 0 aromatic rings. The van der Waals surface area contributed by atoms with Crippen molar-refractivity contribution in [2.75, 3.05) is 13.6 Å². The predicted molar refractivity (Wildman–Crippen MR) is 45.9 cm³/mol. The fraction of sp³-hybridized carbons (Fsp3) is 0.625. The third-order valence-electron chi connectivity index (χ3n) is 1.27. The van der Waals surface area contributed by atoms with E-state index in [9.17, 15) is 4.79 Å². The van der Waals surface area contributed by atoms with Gasteiger partial charge in [-0.25, -0.2) is 5.43 Å². The molecule has 0 fully saturated rings. The van der Waals surface area contributed by atoms with Gasteiger partial charge in [-0.3, -0.25) is 9.80 Å². The highest BCUT2D eigenvalue weighted by Gasteiger charge is 2.06. The number of rotatable bonds is 4. The molecule has 0 radical (unpaired) electrons. The Balaban J connectivity index is 3.73. The molecule has 0 rings (SSSR count). The summed E-state index contributed by atoms with van der Waals surface area (Å²) in [5.74, 6) is -0.0570. The number of carbonyl (C=O) groups excluding carboxylic acids is 1. The zero-order valence-corrected chi connectivity index (χ0v) is 7.48. The van der Waals surface area contributed by atoms with E-state index in [4.69, 9.17) is 0 Å². The molecule has 1 N–H and O–H groups in total. The van der Waals surface area contributed by atoms with Crippen molar-refractivity contribution in [3.05, 3.63) is 12.2 Å². The van der Waals surface area contributed by atoms with Crippen LogP contribution in [0.3, 0.4) is 0 Å². The van der Waals surface area contributed by atoms with E-state index in [1.54, 1.807) is 14.0 Å². The van der Waals surface area contributed by atoms with Gasteiger partial charge in [0, 0.05) is 19.2 Å². The van der Waals surface area contributed by atoms with Crippen LogP contribution in [0.25, 0.3) is 0 Å². The van der Waals surface area contributed by atoms with Gasteiger partial charge < -0.3 is 0 Å². The van der Waals surface area contributed by atoms with E-state index in [1.165, 1.54) is 5.01 Å². The summed E-state index contributed by atoms with van der Waals surface area (Å²) in [5.41, 5.74) is 3.49. The fourth-order valence-corrected chi connectivity index (χ4v) is 0.638. The summed E-state index contributed by atoms with van der Waals surface area (Å²) in [7, 11) is 1.70. The van der Waals surface area contributed by atoms with E-state index in [-0.39, 0.29) is 5.91 Å². The maximum absolute atomic E-state index is 11.1. The SMILES string of the molecule is C=C(C)C(=O)N(C)NCCC. The molecule has 1 amide bonds. The molecular formula is C8H16N2O. The van der Waals surface area contributed by atoms with Gasteiger partial charge in [-0.15, -0.1) is 0 Å². The van der Waals surface area contributed by atoms with Crippen LogP contribution < -0.4 is 5.43 Å². The summed E-state index contributed by atoms with van der Waals surface area (Å²) in [5, 5.41) is 1.46. The smallest absolute Gasteiger partial charge is 0.262 e. The molecule has 0 unspecified atom stereocenters. The van der Waals surface area contributed by atoms with Crippen LogP contribution in [-0.4, -0.2) is 24.5 Å². The second-order valence-corrected chi connectivity index (χ2v) is 2.55. The zero-order chi connectivity index (χ0) is 8.85. The van der Waals surface area contributed by atoms with Crippen molar-refractivity contribution in [2.24, 2.45) is 0 Å². The molecule has 0 aromatic carbocycles. The normalized spacial score (nSPS) is 9.36. The Hall–Kier alpha value is -0.830. The molecule has 0 aliphatic rings. The van der Waals surface area contributed by atoms with E-state index >= 15 is 0 Å². The number of likely N-dealkylation sites (N-methyl/N-ethyl adjacent to an activating group) is 1. The van der Waals surface area contributed by atoms with Gasteiger partial charge in [-0.05, 0) is 13.3 Å². The third kappa shape index (κ3) is 3.78. The van der Waals surface area contributed by atoms with Gasteiger partial charge >= 0.3 is 0 Å². The first-order chi connectivity index (χ1) is 5.09. The minimum absolute atomic E-state index is 0.0570. The molecule has 0 atom stereocenters. The first-order valence-corrected chi connectivity index (χ1v) is 3.76. The van der Waals surface area contributed by atoms with Gasteiger partial charge in [0.05, 0.1) is 0 Å². The van der Waals surface area contributed by atoms with Crippen LogP contribution in [0.4, 0.5) is 0 Å². The van der Waals surface area contributed by atoms with Crippen molar-refractivity contribution < 1.29 is 4.79 Å². The summed E-state index contributed by atoms with van der Waals surface area (Å²) < 4.78 is 0. The molecule has 0 aliphatic carbocycles. The Morgan fingerprint density at radius 2 is 2.18 bits per heavy atom. The molecule has 64 valence electrons. The summed E-state index contributed by atoms with van der Waals surface area (Å²) in [6.07, 6.45) is 1.01. The standard InChI is InChI=1S/C8H16N2O/c1-5-6-9-10(4)8(11)7(2)3/h9H,2,5-6H2,1,3-4H3. The lowest BCUT2D eigenvalue weighted by molar-refractivity contribution is -0.128. The largest absolute Gasteiger partial charge is 0.277 e. The van der Waals surface area contributed by atoms with Gasteiger partial charge in [0.25, 0.3) is 5.91 Å². The van der Waals surface area contributed by atoms with Gasteiger partial charge in [0.1, 0.15) is 0 Å². The molecule has 0 aliphatic heterocycles.